The number of rotatable bonds is 7. The first kappa shape index (κ1) is 33.3. The number of aromatic nitrogens is 1. The van der Waals surface area contributed by atoms with Gasteiger partial charge in [0.25, 0.3) is 5.88 Å². The van der Waals surface area contributed by atoms with Crippen LogP contribution in [0.5, 0.6) is 11.6 Å². The monoisotopic (exact) mass is 680 g/mol. The standard InChI is InChI=1S/C39H44N2O7Si/c1-38(2,3)49(7,8)48-39-27(31(41(4)5)34-30(36(39)44)37(40-47-34)46-21-22-14-10-9-11-15-22)20-25-19-24-18-23-16-12-13-17-26(23)33(45-6)28(24)32(42)29(25)35(39)43/h9-18,25,27,31,42H,19-21H2,1-8H3/t25-,27-,31-,39-/m0/s1. The van der Waals surface area contributed by atoms with Crippen LogP contribution in [-0.2, 0) is 22.2 Å². The van der Waals surface area contributed by atoms with E-state index >= 15 is 9.59 Å². The Labute approximate surface area is 288 Å². The van der Waals surface area contributed by atoms with Gasteiger partial charge < -0.3 is 23.5 Å². The Hall–Kier alpha value is -4.25. The van der Waals surface area contributed by atoms with Crippen molar-refractivity contribution in [3.05, 3.63) is 94.3 Å². The second-order valence-electron chi connectivity index (χ2n) is 15.3. The fraction of sp³-hybridized carbons (Fsp3) is 0.410. The third-order valence-electron chi connectivity index (χ3n) is 11.2. The number of carbonyl (C=O) groups is 2. The fourth-order valence-electron chi connectivity index (χ4n) is 7.87. The van der Waals surface area contributed by atoms with Gasteiger partial charge in [0.15, 0.2) is 19.7 Å². The van der Waals surface area contributed by atoms with Crippen LogP contribution in [0, 0.1) is 11.8 Å². The molecule has 3 aromatic carbocycles. The summed E-state index contributed by atoms with van der Waals surface area (Å²) < 4.78 is 25.2. The molecule has 0 amide bonds. The van der Waals surface area contributed by atoms with Crippen LogP contribution in [0.4, 0.5) is 0 Å². The minimum Gasteiger partial charge on any atom is -0.507 e. The Morgan fingerprint density at radius 2 is 1.71 bits per heavy atom. The van der Waals surface area contributed by atoms with E-state index in [0.717, 1.165) is 21.9 Å². The molecule has 0 spiro atoms. The van der Waals surface area contributed by atoms with Gasteiger partial charge in [-0.3, -0.25) is 14.5 Å². The van der Waals surface area contributed by atoms with E-state index < -0.39 is 37.4 Å². The SMILES string of the molecule is COc1c2c(cc3ccccc13)C[C@H]1C[C@H]3[C@H](N(C)C)c4onc(OCc5ccccc5)c4C(=O)[C@@]3(O[Si](C)(C)C(C)(C)C)C(=O)C1=C2O. The first-order valence-corrected chi connectivity index (χ1v) is 19.8. The van der Waals surface area contributed by atoms with Gasteiger partial charge in [-0.25, -0.2) is 0 Å². The number of carbonyl (C=O) groups excluding carboxylic acids is 2. The number of hydrogen-bond acceptors (Lipinski definition) is 9. The summed E-state index contributed by atoms with van der Waals surface area (Å²) in [6.45, 7) is 10.5. The molecule has 0 radical (unpaired) electrons. The molecule has 9 nitrogen and oxygen atoms in total. The average molecular weight is 681 g/mol. The van der Waals surface area contributed by atoms with Crippen LogP contribution in [0.2, 0.25) is 18.1 Å². The number of fused-ring (bicyclic) bond motifs is 5. The third kappa shape index (κ3) is 4.98. The molecule has 1 heterocycles. The van der Waals surface area contributed by atoms with E-state index in [1.165, 1.54) is 0 Å². The highest BCUT2D eigenvalue weighted by Crippen LogP contribution is 2.59. The lowest BCUT2D eigenvalue weighted by atomic mass is 9.57. The van der Waals surface area contributed by atoms with E-state index in [0.29, 0.717) is 29.9 Å². The summed E-state index contributed by atoms with van der Waals surface area (Å²) in [5.74, 6) is -1.26. The predicted octanol–water partition coefficient (Wildman–Crippen LogP) is 7.71. The molecule has 7 rings (SSSR count). The van der Waals surface area contributed by atoms with E-state index in [2.05, 4.69) is 32.0 Å². The quantitative estimate of drug-likeness (QED) is 0.155. The van der Waals surface area contributed by atoms with Crippen LogP contribution in [0.15, 0.2) is 70.8 Å². The van der Waals surface area contributed by atoms with Gasteiger partial charge >= 0.3 is 0 Å². The lowest BCUT2D eigenvalue weighted by Crippen LogP contribution is -2.68. The normalized spacial score (nSPS) is 23.7. The Kier molecular flexibility index (Phi) is 7.92. The Balaban J connectivity index is 1.45. The maximum atomic E-state index is 15.5. The van der Waals surface area contributed by atoms with E-state index in [4.69, 9.17) is 18.4 Å². The largest absolute Gasteiger partial charge is 0.507 e. The summed E-state index contributed by atoms with van der Waals surface area (Å²) in [4.78, 5) is 32.8. The molecule has 4 aromatic rings. The van der Waals surface area contributed by atoms with Gasteiger partial charge in [0.2, 0.25) is 11.6 Å². The molecule has 10 heteroatoms. The van der Waals surface area contributed by atoms with Crippen molar-refractivity contribution >= 4 is 36.4 Å². The van der Waals surface area contributed by atoms with E-state index in [1.807, 2.05) is 86.7 Å². The lowest BCUT2D eigenvalue weighted by Gasteiger charge is -2.55. The summed E-state index contributed by atoms with van der Waals surface area (Å²) in [6.07, 6.45) is 0.903. The van der Waals surface area contributed by atoms with Gasteiger partial charge in [0, 0.05) is 16.9 Å². The second kappa shape index (κ2) is 11.7. The second-order valence-corrected chi connectivity index (χ2v) is 20.1. The van der Waals surface area contributed by atoms with Crippen LogP contribution in [0.25, 0.3) is 16.5 Å². The van der Waals surface area contributed by atoms with Gasteiger partial charge in [-0.2, -0.15) is 0 Å². The number of methoxy groups -OCH3 is 1. The van der Waals surface area contributed by atoms with E-state index in [9.17, 15) is 5.11 Å². The van der Waals surface area contributed by atoms with E-state index in [-0.39, 0.29) is 40.3 Å². The molecule has 0 bridgehead atoms. The lowest BCUT2D eigenvalue weighted by molar-refractivity contribution is -0.140. The molecule has 1 fully saturated rings. The van der Waals surface area contributed by atoms with Crippen molar-refractivity contribution in [1.29, 1.82) is 0 Å². The molecule has 3 aliphatic rings. The maximum absolute atomic E-state index is 15.5. The Bertz CT molecular complexity index is 2010. The number of Topliss-reactive ketones (excluding diaryl/α,β-unsaturated/α-hetero) is 2. The van der Waals surface area contributed by atoms with Crippen molar-refractivity contribution in [1.82, 2.24) is 10.1 Å². The summed E-state index contributed by atoms with van der Waals surface area (Å²) in [6, 6.07) is 19.0. The number of hydrogen-bond donors (Lipinski definition) is 1. The molecule has 0 saturated heterocycles. The zero-order chi connectivity index (χ0) is 35.0. The first-order chi connectivity index (χ1) is 23.2. The molecule has 4 atom stereocenters. The van der Waals surface area contributed by atoms with Crippen molar-refractivity contribution in [2.45, 2.75) is 70.0 Å². The predicted molar refractivity (Wildman–Crippen MR) is 189 cm³/mol. The number of aliphatic hydroxyl groups is 1. The summed E-state index contributed by atoms with van der Waals surface area (Å²) in [7, 11) is 2.56. The highest BCUT2D eigenvalue weighted by Gasteiger charge is 2.68. The molecule has 0 unspecified atom stereocenters. The summed E-state index contributed by atoms with van der Waals surface area (Å²) in [5.41, 5.74) is 0.679. The molecular formula is C39H44N2O7Si. The van der Waals surface area contributed by atoms with Gasteiger partial charge in [-0.15, -0.1) is 0 Å². The van der Waals surface area contributed by atoms with Crippen LogP contribution in [0.3, 0.4) is 0 Å². The Morgan fingerprint density at radius 1 is 1.02 bits per heavy atom. The highest BCUT2D eigenvalue weighted by atomic mass is 28.4. The summed E-state index contributed by atoms with van der Waals surface area (Å²) in [5, 5.41) is 18.0. The first-order valence-electron chi connectivity index (χ1n) is 16.9. The topological polar surface area (TPSA) is 111 Å². The van der Waals surface area contributed by atoms with Gasteiger partial charge in [-0.05, 0) is 72.7 Å². The van der Waals surface area contributed by atoms with Crippen molar-refractivity contribution in [3.63, 3.8) is 0 Å². The van der Waals surface area contributed by atoms with Crippen LogP contribution in [-0.4, -0.2) is 61.9 Å². The summed E-state index contributed by atoms with van der Waals surface area (Å²) >= 11 is 0. The number of aliphatic hydroxyl groups excluding tert-OH is 1. The molecule has 3 aliphatic carbocycles. The van der Waals surface area contributed by atoms with Gasteiger partial charge in [0.1, 0.15) is 23.7 Å². The zero-order valence-corrected chi connectivity index (χ0v) is 30.4. The van der Waals surface area contributed by atoms with Crippen molar-refractivity contribution in [3.8, 4) is 11.6 Å². The maximum Gasteiger partial charge on any atom is 0.265 e. The average Bonchev–Trinajstić information content (AvgIpc) is 3.47. The van der Waals surface area contributed by atoms with Crippen LogP contribution < -0.4 is 9.47 Å². The molecular weight excluding hydrogens is 637 g/mol. The fourth-order valence-corrected chi connectivity index (χ4v) is 9.31. The number of ether oxygens (including phenoxy) is 2. The van der Waals surface area contributed by atoms with Gasteiger partial charge in [0.05, 0.1) is 18.7 Å². The van der Waals surface area contributed by atoms with Crippen LogP contribution in [0.1, 0.15) is 66.0 Å². The van der Waals surface area contributed by atoms with Crippen molar-refractivity contribution in [2.24, 2.45) is 11.8 Å². The Morgan fingerprint density at radius 3 is 2.39 bits per heavy atom. The molecule has 49 heavy (non-hydrogen) atoms. The van der Waals surface area contributed by atoms with Gasteiger partial charge in [-0.1, -0.05) is 81.4 Å². The number of nitrogens with zero attached hydrogens (tertiary/aromatic N) is 2. The van der Waals surface area contributed by atoms with Crippen molar-refractivity contribution in [2.75, 3.05) is 21.2 Å². The van der Waals surface area contributed by atoms with E-state index in [1.54, 1.807) is 7.11 Å². The minimum absolute atomic E-state index is 0.0302. The zero-order valence-electron chi connectivity index (χ0n) is 29.4. The number of ketones is 2. The smallest absolute Gasteiger partial charge is 0.265 e. The molecule has 256 valence electrons. The van der Waals surface area contributed by atoms with Crippen molar-refractivity contribution < 1.29 is 33.1 Å². The molecule has 0 aliphatic heterocycles. The van der Waals surface area contributed by atoms with Crippen LogP contribution >= 0.6 is 0 Å². The third-order valence-corrected chi connectivity index (χ3v) is 15.6. The molecule has 1 aromatic heterocycles. The number of benzene rings is 3. The highest BCUT2D eigenvalue weighted by molar-refractivity contribution is 6.74. The molecule has 1 saturated carbocycles. The molecule has 1 N–H and O–H groups in total. The minimum atomic E-state index is -2.83.